The number of hydrogen-bond donors (Lipinski definition) is 0. The van der Waals surface area contributed by atoms with Crippen LogP contribution in [0.4, 0.5) is 0 Å². The van der Waals surface area contributed by atoms with Crippen LogP contribution in [-0.4, -0.2) is 60.6 Å². The van der Waals surface area contributed by atoms with Crippen molar-refractivity contribution in [2.24, 2.45) is 5.92 Å². The summed E-state index contributed by atoms with van der Waals surface area (Å²) in [6.07, 6.45) is 5.36. The standard InChI is InChI=1S/C17H32N2O2/c1-4-21-16(20)13-17(19-9-5-6-10-19)7-11-18(12-8-17)14-15(2)3/h15H,4-14H2,1-3H3. The topological polar surface area (TPSA) is 32.8 Å². The highest BCUT2D eigenvalue weighted by molar-refractivity contribution is 5.71. The van der Waals surface area contributed by atoms with Crippen LogP contribution in [0.25, 0.3) is 0 Å². The van der Waals surface area contributed by atoms with E-state index < -0.39 is 0 Å². The van der Waals surface area contributed by atoms with Crippen LogP contribution in [0.15, 0.2) is 0 Å². The number of hydrogen-bond acceptors (Lipinski definition) is 4. The Morgan fingerprint density at radius 1 is 1.14 bits per heavy atom. The van der Waals surface area contributed by atoms with Crippen molar-refractivity contribution >= 4 is 5.97 Å². The van der Waals surface area contributed by atoms with E-state index in [1.54, 1.807) is 0 Å². The zero-order chi connectivity index (χ0) is 15.3. The molecular formula is C17H32N2O2. The van der Waals surface area contributed by atoms with E-state index in [4.69, 9.17) is 4.74 Å². The predicted molar refractivity (Wildman–Crippen MR) is 85.3 cm³/mol. The number of rotatable bonds is 6. The van der Waals surface area contributed by atoms with Crippen molar-refractivity contribution < 1.29 is 9.53 Å². The summed E-state index contributed by atoms with van der Waals surface area (Å²) in [5, 5.41) is 0. The molecule has 2 saturated heterocycles. The summed E-state index contributed by atoms with van der Waals surface area (Å²) in [6.45, 7) is 12.7. The first-order valence-electron chi connectivity index (χ1n) is 8.69. The average Bonchev–Trinajstić information content (AvgIpc) is 2.95. The number of carbonyl (C=O) groups excluding carboxylic acids is 1. The molecule has 2 aliphatic heterocycles. The van der Waals surface area contributed by atoms with E-state index in [2.05, 4.69) is 23.6 Å². The largest absolute Gasteiger partial charge is 0.466 e. The molecule has 2 rings (SSSR count). The molecule has 2 heterocycles. The summed E-state index contributed by atoms with van der Waals surface area (Å²) in [6, 6.07) is 0. The van der Waals surface area contributed by atoms with Gasteiger partial charge in [0.2, 0.25) is 0 Å². The minimum atomic E-state index is -0.0123. The highest BCUT2D eigenvalue weighted by atomic mass is 16.5. The Hall–Kier alpha value is -0.610. The molecular weight excluding hydrogens is 264 g/mol. The third kappa shape index (κ3) is 4.43. The number of esters is 1. The molecule has 122 valence electrons. The summed E-state index contributed by atoms with van der Waals surface area (Å²) < 4.78 is 5.24. The number of nitrogens with zero attached hydrogens (tertiary/aromatic N) is 2. The molecule has 4 heteroatoms. The highest BCUT2D eigenvalue weighted by Crippen LogP contribution is 2.35. The molecule has 0 radical (unpaired) electrons. The Morgan fingerprint density at radius 2 is 1.76 bits per heavy atom. The Labute approximate surface area is 129 Å². The van der Waals surface area contributed by atoms with Gasteiger partial charge in [-0.05, 0) is 64.7 Å². The number of carbonyl (C=O) groups is 1. The molecule has 2 fully saturated rings. The Balaban J connectivity index is 1.99. The molecule has 0 saturated carbocycles. The molecule has 0 aromatic heterocycles. The van der Waals surface area contributed by atoms with Gasteiger partial charge in [-0.25, -0.2) is 0 Å². The van der Waals surface area contributed by atoms with Crippen molar-refractivity contribution in [3.8, 4) is 0 Å². The fraction of sp³-hybridized carbons (Fsp3) is 0.941. The van der Waals surface area contributed by atoms with Gasteiger partial charge in [0.25, 0.3) is 0 Å². The monoisotopic (exact) mass is 296 g/mol. The lowest BCUT2D eigenvalue weighted by atomic mass is 9.82. The van der Waals surface area contributed by atoms with E-state index in [1.807, 2.05) is 6.92 Å². The second-order valence-corrected chi connectivity index (χ2v) is 7.09. The first-order valence-corrected chi connectivity index (χ1v) is 8.69. The minimum absolute atomic E-state index is 0.0123. The normalized spacial score (nSPS) is 23.6. The van der Waals surface area contributed by atoms with Crippen LogP contribution in [0.3, 0.4) is 0 Å². The van der Waals surface area contributed by atoms with Gasteiger partial charge in [-0.15, -0.1) is 0 Å². The van der Waals surface area contributed by atoms with Crippen LogP contribution in [0, 0.1) is 5.92 Å². The molecule has 0 bridgehead atoms. The molecule has 0 amide bonds. The molecule has 2 aliphatic rings. The Morgan fingerprint density at radius 3 is 2.29 bits per heavy atom. The zero-order valence-electron chi connectivity index (χ0n) is 14.1. The SMILES string of the molecule is CCOC(=O)CC1(N2CCCC2)CCN(CC(C)C)CC1. The van der Waals surface area contributed by atoms with Crippen LogP contribution >= 0.6 is 0 Å². The van der Waals surface area contributed by atoms with Crippen molar-refractivity contribution in [2.45, 2.75) is 58.4 Å². The maximum Gasteiger partial charge on any atom is 0.307 e. The van der Waals surface area contributed by atoms with E-state index in [1.165, 1.54) is 19.4 Å². The lowest BCUT2D eigenvalue weighted by Gasteiger charge is -2.47. The van der Waals surface area contributed by atoms with Crippen molar-refractivity contribution in [1.29, 1.82) is 0 Å². The van der Waals surface area contributed by atoms with Gasteiger partial charge < -0.3 is 9.64 Å². The van der Waals surface area contributed by atoms with Crippen molar-refractivity contribution in [3.05, 3.63) is 0 Å². The van der Waals surface area contributed by atoms with Crippen LogP contribution in [-0.2, 0) is 9.53 Å². The highest BCUT2D eigenvalue weighted by Gasteiger charge is 2.42. The maximum absolute atomic E-state index is 12.1. The molecule has 21 heavy (non-hydrogen) atoms. The van der Waals surface area contributed by atoms with Gasteiger partial charge in [0.15, 0.2) is 0 Å². The molecule has 0 aliphatic carbocycles. The van der Waals surface area contributed by atoms with Crippen LogP contribution in [0.2, 0.25) is 0 Å². The molecule has 0 atom stereocenters. The summed E-state index contributed by atoms with van der Waals surface area (Å²) in [5.74, 6) is 0.705. The lowest BCUT2D eigenvalue weighted by Crippen LogP contribution is -2.56. The molecule has 4 nitrogen and oxygen atoms in total. The molecule has 0 aromatic rings. The molecule has 0 spiro atoms. The fourth-order valence-electron chi connectivity index (χ4n) is 3.95. The van der Waals surface area contributed by atoms with Gasteiger partial charge in [0, 0.05) is 12.1 Å². The summed E-state index contributed by atoms with van der Waals surface area (Å²) in [7, 11) is 0. The lowest BCUT2D eigenvalue weighted by molar-refractivity contribution is -0.147. The second kappa shape index (κ2) is 7.59. The van der Waals surface area contributed by atoms with E-state index in [0.717, 1.165) is 39.0 Å². The minimum Gasteiger partial charge on any atom is -0.466 e. The van der Waals surface area contributed by atoms with Crippen LogP contribution in [0.1, 0.15) is 52.9 Å². The number of piperidine rings is 1. The first kappa shape index (κ1) is 16.8. The van der Waals surface area contributed by atoms with E-state index >= 15 is 0 Å². The Kier molecular flexibility index (Phi) is 6.06. The van der Waals surface area contributed by atoms with Gasteiger partial charge >= 0.3 is 5.97 Å². The van der Waals surface area contributed by atoms with Gasteiger partial charge in [-0.1, -0.05) is 13.8 Å². The molecule has 0 aromatic carbocycles. The van der Waals surface area contributed by atoms with E-state index in [9.17, 15) is 4.79 Å². The number of likely N-dealkylation sites (tertiary alicyclic amines) is 2. The van der Waals surface area contributed by atoms with Gasteiger partial charge in [-0.3, -0.25) is 9.69 Å². The van der Waals surface area contributed by atoms with Gasteiger partial charge in [0.05, 0.1) is 13.0 Å². The third-order valence-electron chi connectivity index (χ3n) is 4.97. The van der Waals surface area contributed by atoms with Crippen molar-refractivity contribution in [1.82, 2.24) is 9.80 Å². The third-order valence-corrected chi connectivity index (χ3v) is 4.97. The second-order valence-electron chi connectivity index (χ2n) is 7.09. The Bertz CT molecular complexity index is 330. The van der Waals surface area contributed by atoms with Gasteiger partial charge in [0.1, 0.15) is 0 Å². The van der Waals surface area contributed by atoms with Crippen molar-refractivity contribution in [3.63, 3.8) is 0 Å². The smallest absolute Gasteiger partial charge is 0.307 e. The summed E-state index contributed by atoms with van der Waals surface area (Å²) in [5.41, 5.74) is 0.0657. The summed E-state index contributed by atoms with van der Waals surface area (Å²) >= 11 is 0. The van der Waals surface area contributed by atoms with Gasteiger partial charge in [-0.2, -0.15) is 0 Å². The first-order chi connectivity index (χ1) is 10.1. The predicted octanol–water partition coefficient (Wildman–Crippen LogP) is 2.53. The fourth-order valence-corrected chi connectivity index (χ4v) is 3.95. The quantitative estimate of drug-likeness (QED) is 0.705. The van der Waals surface area contributed by atoms with Crippen LogP contribution in [0.5, 0.6) is 0 Å². The van der Waals surface area contributed by atoms with Crippen LogP contribution < -0.4 is 0 Å². The van der Waals surface area contributed by atoms with E-state index in [-0.39, 0.29) is 11.5 Å². The average molecular weight is 296 g/mol. The summed E-state index contributed by atoms with van der Waals surface area (Å²) in [4.78, 5) is 17.2. The maximum atomic E-state index is 12.1. The molecule has 0 unspecified atom stereocenters. The zero-order valence-corrected chi connectivity index (χ0v) is 14.1. The molecule has 0 N–H and O–H groups in total. The van der Waals surface area contributed by atoms with E-state index in [0.29, 0.717) is 18.9 Å². The van der Waals surface area contributed by atoms with Crippen molar-refractivity contribution in [2.75, 3.05) is 39.3 Å². The number of ether oxygens (including phenoxy) is 1.